The summed E-state index contributed by atoms with van der Waals surface area (Å²) in [6.45, 7) is 6.76. The lowest BCUT2D eigenvalue weighted by Crippen LogP contribution is -2.24. The van der Waals surface area contributed by atoms with Gasteiger partial charge in [0.2, 0.25) is 5.71 Å². The third kappa shape index (κ3) is 1.71. The topological polar surface area (TPSA) is 73.5 Å². The Bertz CT molecular complexity index is 741. The van der Waals surface area contributed by atoms with E-state index in [1.807, 2.05) is 0 Å². The molecule has 0 aromatic heterocycles. The number of hydrogen-bond acceptors (Lipinski definition) is 4. The van der Waals surface area contributed by atoms with E-state index in [0.717, 1.165) is 17.8 Å². The molecular formula is C17H18N3O2-. The fourth-order valence-corrected chi connectivity index (χ4v) is 4.04. The lowest BCUT2D eigenvalue weighted by molar-refractivity contribution is -0.377. The minimum absolute atomic E-state index is 0.102. The van der Waals surface area contributed by atoms with E-state index in [4.69, 9.17) is 4.99 Å². The second-order valence-corrected chi connectivity index (χ2v) is 6.98. The van der Waals surface area contributed by atoms with Crippen LogP contribution in [-0.4, -0.2) is 16.3 Å². The molecule has 0 bridgehead atoms. The number of fused-ring (bicyclic) bond motifs is 3. The first-order valence-electron chi connectivity index (χ1n) is 7.57. The van der Waals surface area contributed by atoms with Crippen molar-refractivity contribution in [1.29, 1.82) is 0 Å². The van der Waals surface area contributed by atoms with Crippen molar-refractivity contribution in [2.45, 2.75) is 27.2 Å². The summed E-state index contributed by atoms with van der Waals surface area (Å²) in [7, 11) is 0. The fourth-order valence-electron chi connectivity index (χ4n) is 4.04. The average molecular weight is 296 g/mol. The molecule has 1 heterocycles. The lowest BCUT2D eigenvalue weighted by atomic mass is 9.93. The Balaban J connectivity index is 1.68. The molecule has 0 spiro atoms. The van der Waals surface area contributed by atoms with Crippen LogP contribution in [0.1, 0.15) is 27.2 Å². The molecule has 3 aliphatic carbocycles. The number of aliphatic imine (C=N–C) groups is 1. The minimum atomic E-state index is -0.384. The molecule has 5 nitrogen and oxygen atoms in total. The molecule has 22 heavy (non-hydrogen) atoms. The Labute approximate surface area is 129 Å². The van der Waals surface area contributed by atoms with Gasteiger partial charge in [0.05, 0.1) is 0 Å². The van der Waals surface area contributed by atoms with Crippen LogP contribution in [0.15, 0.2) is 52.0 Å². The van der Waals surface area contributed by atoms with Crippen LogP contribution >= 0.6 is 0 Å². The molecule has 1 N–H and O–H groups in total. The van der Waals surface area contributed by atoms with Crippen LogP contribution in [0.3, 0.4) is 0 Å². The van der Waals surface area contributed by atoms with E-state index in [-0.39, 0.29) is 10.6 Å². The fraction of sp³-hybridized carbons (Fsp3) is 0.412. The molecule has 0 aromatic rings. The standard InChI is InChI=1S/C17H18N3O2/c1-9-14-13(8-12-15(14)17(12,2)3)19-16(18-9)10-4-6-11(7-5-10)20(21)22/h4-7,12,15,18H,8H2,1-3H3/q-1/t12-,15+/m0/s1. The van der Waals surface area contributed by atoms with Gasteiger partial charge >= 0.3 is 0 Å². The van der Waals surface area contributed by atoms with Gasteiger partial charge in [-0.1, -0.05) is 13.8 Å². The summed E-state index contributed by atoms with van der Waals surface area (Å²) >= 11 is 0. The zero-order valence-electron chi connectivity index (χ0n) is 12.9. The molecule has 0 aromatic carbocycles. The highest BCUT2D eigenvalue weighted by Gasteiger charge is 2.64. The zero-order chi connectivity index (χ0) is 15.6. The van der Waals surface area contributed by atoms with Crippen LogP contribution in [0, 0.1) is 27.7 Å². The molecule has 114 valence electrons. The van der Waals surface area contributed by atoms with Gasteiger partial charge in [-0.25, -0.2) is 4.99 Å². The van der Waals surface area contributed by atoms with Gasteiger partial charge in [0.1, 0.15) is 5.82 Å². The smallest absolute Gasteiger partial charge is 0.222 e. The monoisotopic (exact) mass is 296 g/mol. The van der Waals surface area contributed by atoms with Gasteiger partial charge in [0.15, 0.2) is 0 Å². The number of allylic oxidation sites excluding steroid dienone is 7. The lowest BCUT2D eigenvalue weighted by Gasteiger charge is -2.23. The minimum Gasteiger partial charge on any atom is -0.612 e. The molecule has 1 aliphatic heterocycles. The molecule has 2 fully saturated rings. The van der Waals surface area contributed by atoms with Gasteiger partial charge in [-0.15, -0.1) is 0 Å². The van der Waals surface area contributed by atoms with Gasteiger partial charge < -0.3 is 15.7 Å². The summed E-state index contributed by atoms with van der Waals surface area (Å²) in [6, 6.07) is 0. The number of nitrogens with one attached hydrogen (secondary N) is 1. The van der Waals surface area contributed by atoms with Gasteiger partial charge in [-0.2, -0.15) is 4.90 Å². The van der Waals surface area contributed by atoms with E-state index in [0.29, 0.717) is 17.3 Å². The predicted molar refractivity (Wildman–Crippen MR) is 86.0 cm³/mol. The first-order valence-corrected chi connectivity index (χ1v) is 7.57. The Kier molecular flexibility index (Phi) is 2.50. The second kappa shape index (κ2) is 4.12. The molecule has 4 rings (SSSR count). The van der Waals surface area contributed by atoms with E-state index in [9.17, 15) is 10.4 Å². The number of nitrogens with zero attached hydrogens (tertiary/aromatic N) is 2. The molecule has 0 radical (unpaired) electrons. The first kappa shape index (κ1) is 13.4. The number of rotatable bonds is 0. The normalized spacial score (nSPS) is 30.9. The molecule has 2 atom stereocenters. The quantitative estimate of drug-likeness (QED) is 0.552. The Morgan fingerprint density at radius 2 is 1.91 bits per heavy atom. The molecule has 2 saturated carbocycles. The van der Waals surface area contributed by atoms with Crippen molar-refractivity contribution in [3.05, 3.63) is 57.4 Å². The Hall–Kier alpha value is -2.30. The molecule has 0 amide bonds. The van der Waals surface area contributed by atoms with E-state index in [1.54, 1.807) is 12.2 Å². The summed E-state index contributed by atoms with van der Waals surface area (Å²) in [5.41, 5.74) is 5.15. The van der Waals surface area contributed by atoms with Crippen molar-refractivity contribution in [1.82, 2.24) is 5.32 Å². The van der Waals surface area contributed by atoms with Crippen molar-refractivity contribution in [3.63, 3.8) is 0 Å². The predicted octanol–water partition coefficient (Wildman–Crippen LogP) is 2.77. The van der Waals surface area contributed by atoms with Crippen molar-refractivity contribution in [3.8, 4) is 0 Å². The second-order valence-electron chi connectivity index (χ2n) is 6.98. The van der Waals surface area contributed by atoms with Crippen LogP contribution in [0.25, 0.3) is 0 Å². The molecule has 4 aliphatic rings. The van der Waals surface area contributed by atoms with Gasteiger partial charge in [0.25, 0.3) is 0 Å². The first-order chi connectivity index (χ1) is 10.4. The third-order valence-electron chi connectivity index (χ3n) is 5.39. The zero-order valence-corrected chi connectivity index (χ0v) is 12.9. The van der Waals surface area contributed by atoms with Crippen molar-refractivity contribution in [2.75, 3.05) is 0 Å². The highest BCUT2D eigenvalue weighted by Crippen LogP contribution is 2.68. The molecule has 0 saturated heterocycles. The SMILES string of the molecule is CC1=C2C(=NC(=C3C=CC(=[N+]([O-])[O-])C=C3)N1)C[C@H]1[C@H]2C1(C)C. The average Bonchev–Trinajstić information content (AvgIpc) is 2.86. The van der Waals surface area contributed by atoms with Gasteiger partial charge in [-0.05, 0) is 48.3 Å². The van der Waals surface area contributed by atoms with Gasteiger partial charge in [-0.3, -0.25) is 0 Å². The highest BCUT2D eigenvalue weighted by molar-refractivity contribution is 6.07. The van der Waals surface area contributed by atoms with Crippen molar-refractivity contribution in [2.24, 2.45) is 22.2 Å². The summed E-state index contributed by atoms with van der Waals surface area (Å²) in [6.07, 6.45) is 7.59. The number of hydrogen-bond donors (Lipinski definition) is 1. The Morgan fingerprint density at radius 1 is 1.23 bits per heavy atom. The van der Waals surface area contributed by atoms with Crippen LogP contribution < -0.4 is 5.32 Å². The Morgan fingerprint density at radius 3 is 2.55 bits per heavy atom. The molecule has 5 heteroatoms. The van der Waals surface area contributed by atoms with E-state index < -0.39 is 0 Å². The van der Waals surface area contributed by atoms with Crippen LogP contribution in [-0.2, 0) is 0 Å². The summed E-state index contributed by atoms with van der Waals surface area (Å²) in [4.78, 5) is 4.40. The summed E-state index contributed by atoms with van der Waals surface area (Å²) < 4.78 is 0. The largest absolute Gasteiger partial charge is 0.612 e. The van der Waals surface area contributed by atoms with Crippen molar-refractivity contribution < 1.29 is 4.90 Å². The third-order valence-corrected chi connectivity index (χ3v) is 5.39. The van der Waals surface area contributed by atoms with E-state index in [1.165, 1.54) is 29.1 Å². The van der Waals surface area contributed by atoms with Crippen LogP contribution in [0.4, 0.5) is 0 Å². The maximum atomic E-state index is 10.7. The maximum absolute atomic E-state index is 10.7. The van der Waals surface area contributed by atoms with E-state index in [2.05, 4.69) is 26.1 Å². The van der Waals surface area contributed by atoms with Gasteiger partial charge in [0, 0.05) is 29.1 Å². The summed E-state index contributed by atoms with van der Waals surface area (Å²) in [5, 5.41) is 24.9. The summed E-state index contributed by atoms with van der Waals surface area (Å²) in [5.74, 6) is 2.15. The maximum Gasteiger partial charge on any atom is 0.222 e. The molecular weight excluding hydrogens is 278 g/mol. The molecule has 0 unspecified atom stereocenters. The van der Waals surface area contributed by atoms with Crippen molar-refractivity contribution >= 4 is 11.4 Å². The van der Waals surface area contributed by atoms with Crippen LogP contribution in [0.2, 0.25) is 0 Å². The van der Waals surface area contributed by atoms with E-state index >= 15 is 0 Å². The highest BCUT2D eigenvalue weighted by atomic mass is 16.8. The van der Waals surface area contributed by atoms with Crippen LogP contribution in [0.5, 0.6) is 0 Å².